The van der Waals surface area contributed by atoms with E-state index in [9.17, 15) is 26.4 Å². The van der Waals surface area contributed by atoms with Gasteiger partial charge in [0.1, 0.15) is 23.0 Å². The second-order valence-corrected chi connectivity index (χ2v) is 9.10. The number of ether oxygens (including phenoxy) is 1. The minimum atomic E-state index is -4.86. The summed E-state index contributed by atoms with van der Waals surface area (Å²) in [6.45, 7) is 0. The molecule has 0 saturated heterocycles. The number of aromatic nitrogens is 2. The third-order valence-corrected chi connectivity index (χ3v) is 5.81. The molecule has 0 aliphatic rings. The van der Waals surface area contributed by atoms with Gasteiger partial charge < -0.3 is 21.5 Å². The van der Waals surface area contributed by atoms with Crippen LogP contribution in [0.2, 0.25) is 0 Å². The van der Waals surface area contributed by atoms with Crippen molar-refractivity contribution in [3.8, 4) is 5.75 Å². The molecule has 0 spiro atoms. The van der Waals surface area contributed by atoms with Gasteiger partial charge in [0.25, 0.3) is 5.91 Å². The first-order chi connectivity index (χ1) is 17.3. The molecule has 194 valence electrons. The number of anilines is 2. The van der Waals surface area contributed by atoms with E-state index >= 15 is 0 Å². The second-order valence-electron chi connectivity index (χ2n) is 7.37. The maximum Gasteiger partial charge on any atom is 0.573 e. The lowest BCUT2D eigenvalue weighted by Crippen LogP contribution is -2.28. The molecule has 15 heteroatoms. The van der Waals surface area contributed by atoms with Crippen LogP contribution in [0.1, 0.15) is 11.1 Å². The predicted octanol–water partition coefficient (Wildman–Crippen LogP) is 2.45. The van der Waals surface area contributed by atoms with Gasteiger partial charge in [-0.25, -0.2) is 13.4 Å². The zero-order valence-corrected chi connectivity index (χ0v) is 19.6. The number of rotatable bonds is 10. The molecular formula is C22H20F3N7O4S. The van der Waals surface area contributed by atoms with E-state index in [0.717, 1.165) is 12.1 Å². The maximum atomic E-state index is 12.5. The molecule has 0 fully saturated rings. The SMILES string of the molecule is N=C(/C(C(N)=O)=C(\N)Nc1cnccn1)c1ccc(NS(=O)(=O)Cc2ccc(OC(F)(F)F)cc2)cc1. The van der Waals surface area contributed by atoms with Crippen molar-refractivity contribution in [2.75, 3.05) is 10.0 Å². The minimum absolute atomic E-state index is 0.142. The van der Waals surface area contributed by atoms with Crippen LogP contribution in [-0.4, -0.2) is 36.4 Å². The van der Waals surface area contributed by atoms with Crippen LogP contribution in [0.4, 0.5) is 24.7 Å². The third kappa shape index (κ3) is 7.93. The predicted molar refractivity (Wildman–Crippen MR) is 129 cm³/mol. The van der Waals surface area contributed by atoms with Crippen LogP contribution in [0.5, 0.6) is 5.75 Å². The average molecular weight is 536 g/mol. The van der Waals surface area contributed by atoms with Crippen molar-refractivity contribution in [2.24, 2.45) is 11.5 Å². The van der Waals surface area contributed by atoms with Crippen molar-refractivity contribution < 1.29 is 31.1 Å². The summed E-state index contributed by atoms with van der Waals surface area (Å²) in [5.41, 5.74) is 11.3. The van der Waals surface area contributed by atoms with Crippen molar-refractivity contribution in [3.05, 3.63) is 89.6 Å². The van der Waals surface area contributed by atoms with Crippen LogP contribution in [0.15, 0.2) is 78.5 Å². The van der Waals surface area contributed by atoms with Gasteiger partial charge in [-0.05, 0) is 29.8 Å². The van der Waals surface area contributed by atoms with Crippen LogP contribution in [0.25, 0.3) is 0 Å². The number of nitrogens with two attached hydrogens (primary N) is 2. The highest BCUT2D eigenvalue weighted by atomic mass is 32.2. The normalized spacial score (nSPS) is 12.3. The molecule has 0 atom stereocenters. The molecule has 0 saturated carbocycles. The van der Waals surface area contributed by atoms with Gasteiger partial charge >= 0.3 is 6.36 Å². The molecule has 2 aromatic carbocycles. The number of hydrogen-bond acceptors (Lipinski definition) is 9. The maximum absolute atomic E-state index is 12.5. The Morgan fingerprint density at radius 1 is 1.03 bits per heavy atom. The van der Waals surface area contributed by atoms with E-state index in [1.165, 1.54) is 55.0 Å². The Balaban J connectivity index is 1.70. The van der Waals surface area contributed by atoms with Crippen molar-refractivity contribution in [3.63, 3.8) is 0 Å². The highest BCUT2D eigenvalue weighted by molar-refractivity contribution is 7.91. The molecule has 1 amide bonds. The molecule has 0 aliphatic carbocycles. The monoisotopic (exact) mass is 535 g/mol. The fraction of sp³-hybridized carbons (Fsp3) is 0.0909. The fourth-order valence-corrected chi connectivity index (χ4v) is 4.23. The summed E-state index contributed by atoms with van der Waals surface area (Å²) in [5, 5.41) is 11.0. The second kappa shape index (κ2) is 10.9. The summed E-state index contributed by atoms with van der Waals surface area (Å²) < 4.78 is 67.9. The lowest BCUT2D eigenvalue weighted by atomic mass is 10.0. The number of hydrogen-bond donors (Lipinski definition) is 5. The van der Waals surface area contributed by atoms with E-state index in [1.54, 1.807) is 0 Å². The Kier molecular flexibility index (Phi) is 7.97. The molecule has 0 bridgehead atoms. The number of alkyl halides is 3. The highest BCUT2D eigenvalue weighted by Gasteiger charge is 2.31. The Morgan fingerprint density at radius 2 is 1.68 bits per heavy atom. The lowest BCUT2D eigenvalue weighted by Gasteiger charge is -2.13. The van der Waals surface area contributed by atoms with Crippen LogP contribution in [-0.2, 0) is 20.6 Å². The number of benzene rings is 2. The quantitative estimate of drug-likeness (QED) is 0.193. The molecule has 0 unspecified atom stereocenters. The first-order valence-electron chi connectivity index (χ1n) is 10.2. The summed E-state index contributed by atoms with van der Waals surface area (Å²) in [6, 6.07) is 9.87. The van der Waals surface area contributed by atoms with Crippen LogP contribution >= 0.6 is 0 Å². The summed E-state index contributed by atoms with van der Waals surface area (Å²) in [7, 11) is -3.94. The summed E-state index contributed by atoms with van der Waals surface area (Å²) >= 11 is 0. The zero-order valence-electron chi connectivity index (χ0n) is 18.8. The van der Waals surface area contributed by atoms with E-state index in [1.807, 2.05) is 0 Å². The third-order valence-electron chi connectivity index (χ3n) is 4.55. The number of halogens is 3. The van der Waals surface area contributed by atoms with Gasteiger partial charge in [0.2, 0.25) is 10.0 Å². The number of carbonyl (C=O) groups excluding carboxylic acids is 1. The number of carbonyl (C=O) groups is 1. The first-order valence-corrected chi connectivity index (χ1v) is 11.9. The molecule has 1 aromatic heterocycles. The number of nitrogens with one attached hydrogen (secondary N) is 3. The van der Waals surface area contributed by atoms with Crippen molar-refractivity contribution in [2.45, 2.75) is 12.1 Å². The molecule has 1 heterocycles. The van der Waals surface area contributed by atoms with Crippen LogP contribution < -0.4 is 26.2 Å². The van der Waals surface area contributed by atoms with Gasteiger partial charge in [-0.3, -0.25) is 19.9 Å². The van der Waals surface area contributed by atoms with Crippen molar-refractivity contribution >= 4 is 33.1 Å². The topological polar surface area (TPSA) is 186 Å². The Bertz CT molecular complexity index is 1410. The van der Waals surface area contributed by atoms with Crippen molar-refractivity contribution in [1.29, 1.82) is 5.41 Å². The molecule has 0 aliphatic heterocycles. The van der Waals surface area contributed by atoms with E-state index in [4.69, 9.17) is 16.9 Å². The summed E-state index contributed by atoms with van der Waals surface area (Å²) in [6.07, 6.45) is -0.686. The van der Waals surface area contributed by atoms with Crippen molar-refractivity contribution in [1.82, 2.24) is 9.97 Å². The summed E-state index contributed by atoms with van der Waals surface area (Å²) in [5.74, 6) is -1.98. The molecule has 37 heavy (non-hydrogen) atoms. The first kappa shape index (κ1) is 26.9. The van der Waals surface area contributed by atoms with Gasteiger partial charge in [-0.2, -0.15) is 0 Å². The van der Waals surface area contributed by atoms with Gasteiger partial charge in [-0.15, -0.1) is 13.2 Å². The van der Waals surface area contributed by atoms with Gasteiger partial charge in [0.15, 0.2) is 0 Å². The van der Waals surface area contributed by atoms with E-state index in [-0.39, 0.29) is 39.7 Å². The van der Waals surface area contributed by atoms with E-state index < -0.39 is 33.8 Å². The van der Waals surface area contributed by atoms with Gasteiger partial charge in [0, 0.05) is 23.6 Å². The standard InChI is InChI=1S/C22H20F3N7O4S/c23-22(24,25)36-16-7-1-13(2-8-16)12-37(34,35)32-15-5-3-14(4-6-15)19(26)18(21(28)33)20(27)31-17-11-29-9-10-30-17/h1-11,26,32H,12,27H2,(H2,28,33)(H,30,31)/b20-18-,26-19?. The molecule has 11 nitrogen and oxygen atoms in total. The summed E-state index contributed by atoms with van der Waals surface area (Å²) in [4.78, 5) is 19.8. The van der Waals surface area contributed by atoms with E-state index in [2.05, 4.69) is 24.7 Å². The smallest absolute Gasteiger partial charge is 0.406 e. The fourth-order valence-electron chi connectivity index (χ4n) is 3.03. The van der Waals surface area contributed by atoms with Gasteiger partial charge in [0.05, 0.1) is 17.7 Å². The molecule has 7 N–H and O–H groups in total. The lowest BCUT2D eigenvalue weighted by molar-refractivity contribution is -0.274. The molecule has 3 aromatic rings. The van der Waals surface area contributed by atoms with Gasteiger partial charge in [-0.1, -0.05) is 24.3 Å². The Labute approximate surface area is 208 Å². The Morgan fingerprint density at radius 3 is 2.22 bits per heavy atom. The van der Waals surface area contributed by atoms with Crippen LogP contribution in [0.3, 0.4) is 0 Å². The highest BCUT2D eigenvalue weighted by Crippen LogP contribution is 2.24. The number of nitrogens with zero attached hydrogens (tertiary/aromatic N) is 2. The molecular weight excluding hydrogens is 515 g/mol. The average Bonchev–Trinajstić information content (AvgIpc) is 2.80. The zero-order chi connectivity index (χ0) is 27.2. The molecule has 3 rings (SSSR count). The Hall–Kier alpha value is -4.66. The number of primary amides is 1. The largest absolute Gasteiger partial charge is 0.573 e. The minimum Gasteiger partial charge on any atom is -0.406 e. The number of sulfonamides is 1. The number of amides is 1. The van der Waals surface area contributed by atoms with E-state index in [0.29, 0.717) is 0 Å². The molecule has 0 radical (unpaired) electrons. The van der Waals surface area contributed by atoms with Crippen LogP contribution in [0, 0.1) is 5.41 Å².